The minimum Gasteiger partial charge on any atom is -0.490 e. The molecular formula is C14H22N2O2. The number of ether oxygens (including phenoxy) is 1. The van der Waals surface area contributed by atoms with Crippen LogP contribution in [0.25, 0.3) is 0 Å². The highest BCUT2D eigenvalue weighted by Gasteiger charge is 1.95. The minimum absolute atomic E-state index is 0.187. The Morgan fingerprint density at radius 1 is 1.11 bits per heavy atom. The zero-order chi connectivity index (χ0) is 13.1. The Kier molecular flexibility index (Phi) is 7.88. The Hall–Kier alpha value is -1.36. The summed E-state index contributed by atoms with van der Waals surface area (Å²) in [7, 11) is 0. The fourth-order valence-electron chi connectivity index (χ4n) is 1.47. The van der Waals surface area contributed by atoms with E-state index < -0.39 is 0 Å². The summed E-state index contributed by atoms with van der Waals surface area (Å²) >= 11 is 0. The molecule has 4 heteroatoms. The lowest BCUT2D eigenvalue weighted by Gasteiger charge is -2.07. The van der Waals surface area contributed by atoms with Crippen molar-refractivity contribution in [3.63, 3.8) is 0 Å². The van der Waals surface area contributed by atoms with Crippen molar-refractivity contribution >= 4 is 0 Å². The summed E-state index contributed by atoms with van der Waals surface area (Å²) in [5.41, 5.74) is 1.23. The number of nitrogens with one attached hydrogen (secondary N) is 2. The molecule has 0 bridgehead atoms. The topological polar surface area (TPSA) is 53.5 Å². The maximum atomic E-state index is 8.59. The van der Waals surface area contributed by atoms with E-state index in [1.54, 1.807) is 6.08 Å². The van der Waals surface area contributed by atoms with Crippen LogP contribution in [0.3, 0.4) is 0 Å². The van der Waals surface area contributed by atoms with Crippen LogP contribution < -0.4 is 15.4 Å². The standard InChI is InChI=1S/C14H22N2O2/c1-2-11-18-14-5-3-13(4-6-14)12-16-8-7-15-9-10-17/h2-6,15-17H,1,7-12H2. The molecule has 0 heterocycles. The molecule has 0 unspecified atom stereocenters. The van der Waals surface area contributed by atoms with E-state index in [-0.39, 0.29) is 6.61 Å². The first-order valence-electron chi connectivity index (χ1n) is 6.21. The second kappa shape index (κ2) is 9.65. The third kappa shape index (κ3) is 6.39. The van der Waals surface area contributed by atoms with Crippen molar-refractivity contribution in [2.24, 2.45) is 0 Å². The molecule has 0 amide bonds. The Labute approximate surface area is 109 Å². The van der Waals surface area contributed by atoms with Crippen LogP contribution in [0.4, 0.5) is 0 Å². The van der Waals surface area contributed by atoms with Gasteiger partial charge in [0.25, 0.3) is 0 Å². The third-order valence-electron chi connectivity index (χ3n) is 2.39. The molecule has 0 aliphatic carbocycles. The zero-order valence-electron chi connectivity index (χ0n) is 10.7. The van der Waals surface area contributed by atoms with Gasteiger partial charge in [-0.05, 0) is 17.7 Å². The molecule has 18 heavy (non-hydrogen) atoms. The lowest BCUT2D eigenvalue weighted by Crippen LogP contribution is -2.28. The fraction of sp³-hybridized carbons (Fsp3) is 0.429. The van der Waals surface area contributed by atoms with Gasteiger partial charge in [0.2, 0.25) is 0 Å². The average Bonchev–Trinajstić information content (AvgIpc) is 2.42. The molecule has 100 valence electrons. The fourth-order valence-corrected chi connectivity index (χ4v) is 1.47. The molecule has 0 spiro atoms. The number of aliphatic hydroxyl groups excluding tert-OH is 1. The minimum atomic E-state index is 0.187. The van der Waals surface area contributed by atoms with Crippen LogP contribution in [0.15, 0.2) is 36.9 Å². The van der Waals surface area contributed by atoms with Crippen molar-refractivity contribution in [2.45, 2.75) is 6.54 Å². The van der Waals surface area contributed by atoms with Gasteiger partial charge in [-0.25, -0.2) is 0 Å². The van der Waals surface area contributed by atoms with Gasteiger partial charge in [-0.2, -0.15) is 0 Å². The smallest absolute Gasteiger partial charge is 0.119 e. The highest BCUT2D eigenvalue weighted by molar-refractivity contribution is 5.27. The molecule has 0 saturated carbocycles. The van der Waals surface area contributed by atoms with Crippen LogP contribution >= 0.6 is 0 Å². The molecule has 4 nitrogen and oxygen atoms in total. The molecule has 3 N–H and O–H groups in total. The van der Waals surface area contributed by atoms with E-state index in [4.69, 9.17) is 9.84 Å². The third-order valence-corrected chi connectivity index (χ3v) is 2.39. The first-order chi connectivity index (χ1) is 8.86. The number of aliphatic hydroxyl groups is 1. The van der Waals surface area contributed by atoms with E-state index >= 15 is 0 Å². The summed E-state index contributed by atoms with van der Waals surface area (Å²) in [4.78, 5) is 0. The van der Waals surface area contributed by atoms with Gasteiger partial charge in [-0.1, -0.05) is 24.8 Å². The van der Waals surface area contributed by atoms with Gasteiger partial charge < -0.3 is 20.5 Å². The van der Waals surface area contributed by atoms with Gasteiger partial charge in [-0.3, -0.25) is 0 Å². The van der Waals surface area contributed by atoms with E-state index in [2.05, 4.69) is 17.2 Å². The van der Waals surface area contributed by atoms with Crippen molar-refractivity contribution in [1.82, 2.24) is 10.6 Å². The van der Waals surface area contributed by atoms with Crippen molar-refractivity contribution in [3.05, 3.63) is 42.5 Å². The maximum Gasteiger partial charge on any atom is 0.119 e. The highest BCUT2D eigenvalue weighted by atomic mass is 16.5. The van der Waals surface area contributed by atoms with E-state index in [0.717, 1.165) is 25.4 Å². The summed E-state index contributed by atoms with van der Waals surface area (Å²) in [5.74, 6) is 0.864. The van der Waals surface area contributed by atoms with Crippen molar-refractivity contribution in [3.8, 4) is 5.75 Å². The van der Waals surface area contributed by atoms with Crippen LogP contribution in [-0.2, 0) is 6.54 Å². The Bertz CT molecular complexity index is 325. The van der Waals surface area contributed by atoms with Crippen molar-refractivity contribution < 1.29 is 9.84 Å². The lowest BCUT2D eigenvalue weighted by atomic mass is 10.2. The summed E-state index contributed by atoms with van der Waals surface area (Å²) in [6, 6.07) is 8.02. The number of benzene rings is 1. The highest BCUT2D eigenvalue weighted by Crippen LogP contribution is 2.11. The van der Waals surface area contributed by atoms with Crippen LogP contribution in [0, 0.1) is 0 Å². The summed E-state index contributed by atoms with van der Waals surface area (Å²) in [5, 5.41) is 15.0. The van der Waals surface area contributed by atoms with Crippen LogP contribution in [-0.4, -0.2) is 38.0 Å². The van der Waals surface area contributed by atoms with E-state index in [9.17, 15) is 0 Å². The van der Waals surface area contributed by atoms with Gasteiger partial charge in [0.15, 0.2) is 0 Å². The molecule has 0 atom stereocenters. The average molecular weight is 250 g/mol. The van der Waals surface area contributed by atoms with Gasteiger partial charge >= 0.3 is 0 Å². The molecule has 0 aliphatic rings. The predicted octanol–water partition coefficient (Wildman–Crippen LogP) is 0.923. The molecule has 1 aromatic carbocycles. The zero-order valence-corrected chi connectivity index (χ0v) is 10.7. The van der Waals surface area contributed by atoms with E-state index in [1.807, 2.05) is 24.3 Å². The number of hydrogen-bond acceptors (Lipinski definition) is 4. The van der Waals surface area contributed by atoms with E-state index in [0.29, 0.717) is 13.2 Å². The first kappa shape index (κ1) is 14.7. The molecule has 0 aromatic heterocycles. The Morgan fingerprint density at radius 2 is 1.83 bits per heavy atom. The molecule has 0 saturated heterocycles. The van der Waals surface area contributed by atoms with Gasteiger partial charge in [-0.15, -0.1) is 0 Å². The molecule has 1 rings (SSSR count). The van der Waals surface area contributed by atoms with Gasteiger partial charge in [0.1, 0.15) is 12.4 Å². The van der Waals surface area contributed by atoms with Crippen LogP contribution in [0.1, 0.15) is 5.56 Å². The Morgan fingerprint density at radius 3 is 2.50 bits per heavy atom. The normalized spacial score (nSPS) is 10.3. The van der Waals surface area contributed by atoms with Crippen molar-refractivity contribution in [1.29, 1.82) is 0 Å². The molecular weight excluding hydrogens is 228 g/mol. The Balaban J connectivity index is 2.16. The summed E-state index contributed by atoms with van der Waals surface area (Å²) < 4.78 is 5.41. The summed E-state index contributed by atoms with van der Waals surface area (Å²) in [6.07, 6.45) is 1.73. The van der Waals surface area contributed by atoms with E-state index in [1.165, 1.54) is 5.56 Å². The largest absolute Gasteiger partial charge is 0.490 e. The molecule has 0 radical (unpaired) electrons. The van der Waals surface area contributed by atoms with Crippen LogP contribution in [0.2, 0.25) is 0 Å². The SMILES string of the molecule is C=CCOc1ccc(CNCCNCCO)cc1. The molecule has 1 aromatic rings. The van der Waals surface area contributed by atoms with Crippen LogP contribution in [0.5, 0.6) is 5.75 Å². The second-order valence-electron chi connectivity index (χ2n) is 3.89. The quantitative estimate of drug-likeness (QED) is 0.427. The number of rotatable bonds is 10. The van der Waals surface area contributed by atoms with Gasteiger partial charge in [0, 0.05) is 26.2 Å². The van der Waals surface area contributed by atoms with Crippen molar-refractivity contribution in [2.75, 3.05) is 32.8 Å². The second-order valence-corrected chi connectivity index (χ2v) is 3.89. The lowest BCUT2D eigenvalue weighted by molar-refractivity contribution is 0.292. The summed E-state index contributed by atoms with van der Waals surface area (Å²) in [6.45, 7) is 7.56. The molecule has 0 aliphatic heterocycles. The number of hydrogen-bond donors (Lipinski definition) is 3. The first-order valence-corrected chi connectivity index (χ1v) is 6.21. The maximum absolute atomic E-state index is 8.59. The molecule has 0 fully saturated rings. The predicted molar refractivity (Wildman–Crippen MR) is 73.8 cm³/mol. The van der Waals surface area contributed by atoms with Gasteiger partial charge in [0.05, 0.1) is 6.61 Å². The monoisotopic (exact) mass is 250 g/mol.